The van der Waals surface area contributed by atoms with Crippen molar-refractivity contribution >= 4 is 27.5 Å². The minimum atomic E-state index is 0.283. The zero-order valence-electron chi connectivity index (χ0n) is 10.8. The Morgan fingerprint density at radius 2 is 1.69 bits per heavy atom. The summed E-state index contributed by atoms with van der Waals surface area (Å²) in [5.74, 6) is 0.892. The first-order chi connectivity index (χ1) is 7.65. The Balaban J connectivity index is 0. The summed E-state index contributed by atoms with van der Waals surface area (Å²) < 4.78 is 0.730. The average Bonchev–Trinajstić information content (AvgIpc) is 2.31. The molecule has 0 bridgehead atoms. The van der Waals surface area contributed by atoms with Crippen molar-refractivity contribution in [2.24, 2.45) is 0 Å². The molecule has 0 saturated carbocycles. The number of phenols is 1. The second-order valence-corrected chi connectivity index (χ2v) is 3.90. The molecule has 0 fully saturated rings. The van der Waals surface area contributed by atoms with E-state index in [1.54, 1.807) is 6.07 Å². The molecule has 0 aliphatic heterocycles. The van der Waals surface area contributed by atoms with Crippen molar-refractivity contribution in [2.75, 3.05) is 5.88 Å². The molecule has 1 rings (SSSR count). The highest BCUT2D eigenvalue weighted by molar-refractivity contribution is 9.10. The van der Waals surface area contributed by atoms with Crippen LogP contribution in [0.5, 0.6) is 5.75 Å². The van der Waals surface area contributed by atoms with Crippen LogP contribution in [0.3, 0.4) is 0 Å². The number of aryl methyl sites for hydroxylation is 2. The molecule has 0 aromatic heterocycles. The largest absolute Gasteiger partial charge is 0.507 e. The predicted octanol–water partition coefficient (Wildman–Crippen LogP) is 5.30. The van der Waals surface area contributed by atoms with Gasteiger partial charge in [-0.2, -0.15) is 0 Å². The molecule has 0 heterocycles. The zero-order valence-corrected chi connectivity index (χ0v) is 13.1. The predicted molar refractivity (Wildman–Crippen MR) is 77.7 cm³/mol. The van der Waals surface area contributed by atoms with E-state index in [1.165, 1.54) is 5.56 Å². The van der Waals surface area contributed by atoms with Crippen LogP contribution >= 0.6 is 27.5 Å². The molecule has 0 aliphatic rings. The summed E-state index contributed by atoms with van der Waals surface area (Å²) in [5.41, 5.74) is 2.26. The smallest absolute Gasteiger partial charge is 0.130 e. The van der Waals surface area contributed by atoms with Crippen LogP contribution in [0, 0.1) is 6.92 Å². The zero-order chi connectivity index (χ0) is 13.1. The monoisotopic (exact) mass is 308 g/mol. The fourth-order valence-corrected chi connectivity index (χ4v) is 1.67. The summed E-state index contributed by atoms with van der Waals surface area (Å²) in [7, 11) is 0. The summed E-state index contributed by atoms with van der Waals surface area (Å²) in [6.07, 6.45) is 0.840. The number of phenolic OH excluding ortho intramolecular Hbond substituents is 1. The molecule has 1 aromatic rings. The molecule has 1 aromatic carbocycles. The van der Waals surface area contributed by atoms with Gasteiger partial charge in [0.25, 0.3) is 0 Å². The second kappa shape index (κ2) is 11.3. The summed E-state index contributed by atoms with van der Waals surface area (Å²) in [4.78, 5) is 0. The van der Waals surface area contributed by atoms with Crippen molar-refractivity contribution in [3.63, 3.8) is 0 Å². The molecule has 1 N–H and O–H groups in total. The molecular formula is C13H22BrClO. The lowest BCUT2D eigenvalue weighted by atomic mass is 10.1. The van der Waals surface area contributed by atoms with Crippen LogP contribution in [0.2, 0.25) is 0 Å². The molecule has 0 unspecified atom stereocenters. The van der Waals surface area contributed by atoms with E-state index < -0.39 is 0 Å². The van der Waals surface area contributed by atoms with Gasteiger partial charge in [0.1, 0.15) is 5.75 Å². The van der Waals surface area contributed by atoms with E-state index in [0.29, 0.717) is 5.88 Å². The first-order valence-electron chi connectivity index (χ1n) is 5.69. The average molecular weight is 310 g/mol. The lowest BCUT2D eigenvalue weighted by Gasteiger charge is -2.05. The molecule has 1 nitrogen and oxygen atoms in total. The van der Waals surface area contributed by atoms with E-state index in [9.17, 15) is 5.11 Å². The van der Waals surface area contributed by atoms with Crippen molar-refractivity contribution < 1.29 is 5.11 Å². The van der Waals surface area contributed by atoms with E-state index >= 15 is 0 Å². The third-order valence-corrected chi connectivity index (χ3v) is 2.59. The highest BCUT2D eigenvalue weighted by atomic mass is 79.9. The second-order valence-electron chi connectivity index (χ2n) is 2.67. The van der Waals surface area contributed by atoms with E-state index in [0.717, 1.165) is 16.5 Å². The van der Waals surface area contributed by atoms with Gasteiger partial charge in [0, 0.05) is 5.88 Å². The minimum Gasteiger partial charge on any atom is -0.507 e. The lowest BCUT2D eigenvalue weighted by molar-refractivity contribution is 0.471. The first kappa shape index (κ1) is 18.2. The molecule has 16 heavy (non-hydrogen) atoms. The maximum absolute atomic E-state index is 9.31. The van der Waals surface area contributed by atoms with Crippen LogP contribution in [0.1, 0.15) is 38.8 Å². The topological polar surface area (TPSA) is 20.2 Å². The van der Waals surface area contributed by atoms with E-state index in [-0.39, 0.29) is 5.75 Å². The maximum Gasteiger partial charge on any atom is 0.130 e. The highest BCUT2D eigenvalue weighted by Gasteiger charge is 2.03. The summed E-state index contributed by atoms with van der Waals surface area (Å²) in [6, 6.07) is 3.65. The van der Waals surface area contributed by atoms with Crippen LogP contribution in [-0.2, 0) is 6.42 Å². The van der Waals surface area contributed by atoms with Gasteiger partial charge in [-0.3, -0.25) is 0 Å². The van der Waals surface area contributed by atoms with Gasteiger partial charge in [-0.15, -0.1) is 11.6 Å². The van der Waals surface area contributed by atoms with Crippen molar-refractivity contribution in [1.29, 1.82) is 0 Å². The van der Waals surface area contributed by atoms with Crippen LogP contribution in [0.4, 0.5) is 0 Å². The molecule has 3 heteroatoms. The Labute approximate surface area is 113 Å². The van der Waals surface area contributed by atoms with Gasteiger partial charge in [-0.1, -0.05) is 27.7 Å². The summed E-state index contributed by atoms with van der Waals surface area (Å²) in [5, 5.41) is 9.31. The molecule has 94 valence electrons. The Hall–Kier alpha value is -0.210. The molecule has 0 amide bonds. The SMILES string of the molecule is CC.CC.Cc1cc(O)c(Br)cc1CCCl. The number of alkyl halides is 1. The quantitative estimate of drug-likeness (QED) is 0.735. The van der Waals surface area contributed by atoms with Gasteiger partial charge >= 0.3 is 0 Å². The Morgan fingerprint density at radius 3 is 2.12 bits per heavy atom. The minimum absolute atomic E-state index is 0.283. The van der Waals surface area contributed by atoms with Crippen molar-refractivity contribution in [2.45, 2.75) is 41.0 Å². The highest BCUT2D eigenvalue weighted by Crippen LogP contribution is 2.27. The van der Waals surface area contributed by atoms with Crippen LogP contribution in [0.15, 0.2) is 16.6 Å². The Bertz CT molecular complexity index is 288. The van der Waals surface area contributed by atoms with Gasteiger partial charge in [0.2, 0.25) is 0 Å². The number of halogens is 2. The first-order valence-corrected chi connectivity index (χ1v) is 7.02. The number of rotatable bonds is 2. The van der Waals surface area contributed by atoms with Crippen LogP contribution < -0.4 is 0 Å². The fourth-order valence-electron chi connectivity index (χ4n) is 1.08. The number of aromatic hydroxyl groups is 1. The fraction of sp³-hybridized carbons (Fsp3) is 0.538. The normalized spacial score (nSPS) is 8.44. The van der Waals surface area contributed by atoms with Crippen molar-refractivity contribution in [3.8, 4) is 5.75 Å². The molecule has 0 radical (unpaired) electrons. The Morgan fingerprint density at radius 1 is 1.19 bits per heavy atom. The van der Waals surface area contributed by atoms with Crippen LogP contribution in [-0.4, -0.2) is 11.0 Å². The van der Waals surface area contributed by atoms with E-state index in [4.69, 9.17) is 11.6 Å². The van der Waals surface area contributed by atoms with E-state index in [1.807, 2.05) is 40.7 Å². The van der Waals surface area contributed by atoms with Gasteiger partial charge in [-0.25, -0.2) is 0 Å². The van der Waals surface area contributed by atoms with Crippen molar-refractivity contribution in [1.82, 2.24) is 0 Å². The Kier molecular flexibility index (Phi) is 12.8. The maximum atomic E-state index is 9.31. The molecule has 0 saturated heterocycles. The van der Waals surface area contributed by atoms with Gasteiger partial charge in [0.05, 0.1) is 4.47 Å². The van der Waals surface area contributed by atoms with Gasteiger partial charge in [0.15, 0.2) is 0 Å². The van der Waals surface area contributed by atoms with Gasteiger partial charge in [-0.05, 0) is 52.5 Å². The standard InChI is InChI=1S/C9H10BrClO.2C2H6/c1-6-4-9(12)8(10)5-7(6)2-3-11;2*1-2/h4-5,12H,2-3H2,1H3;2*1-2H3. The number of hydrogen-bond donors (Lipinski definition) is 1. The van der Waals surface area contributed by atoms with Crippen LogP contribution in [0.25, 0.3) is 0 Å². The molecule has 0 atom stereocenters. The van der Waals surface area contributed by atoms with E-state index in [2.05, 4.69) is 15.9 Å². The summed E-state index contributed by atoms with van der Waals surface area (Å²) in [6.45, 7) is 9.97. The molecule has 0 aliphatic carbocycles. The summed E-state index contributed by atoms with van der Waals surface area (Å²) >= 11 is 8.88. The van der Waals surface area contributed by atoms with Gasteiger partial charge < -0.3 is 5.11 Å². The number of hydrogen-bond acceptors (Lipinski definition) is 1. The third kappa shape index (κ3) is 6.39. The third-order valence-electron chi connectivity index (χ3n) is 1.77. The molecule has 0 spiro atoms. The number of benzene rings is 1. The van der Waals surface area contributed by atoms with Crippen molar-refractivity contribution in [3.05, 3.63) is 27.7 Å². The lowest BCUT2D eigenvalue weighted by Crippen LogP contribution is -1.90. The molecular weight excluding hydrogens is 287 g/mol.